The number of methoxy groups -OCH3 is 1. The third kappa shape index (κ3) is 4.63. The number of nitrogens with one attached hydrogen (secondary N) is 1. The molecule has 0 spiro atoms. The highest BCUT2D eigenvalue weighted by Gasteiger charge is 2.14. The molecule has 0 aliphatic rings. The summed E-state index contributed by atoms with van der Waals surface area (Å²) in [5.74, 6) is 0.919. The van der Waals surface area contributed by atoms with E-state index in [0.717, 1.165) is 18.7 Å². The van der Waals surface area contributed by atoms with Crippen LogP contribution in [0.15, 0.2) is 24.4 Å². The van der Waals surface area contributed by atoms with Crippen molar-refractivity contribution in [2.24, 2.45) is 0 Å². The number of aromatic nitrogens is 1. The molecule has 126 valence electrons. The molecule has 0 atom stereocenters. The second kappa shape index (κ2) is 9.03. The number of fused-ring (bicyclic) bond motifs is 1. The first-order chi connectivity index (χ1) is 9.52. The van der Waals surface area contributed by atoms with E-state index in [0.29, 0.717) is 12.1 Å². The number of H-pyrrole nitrogens is 1. The maximum absolute atomic E-state index is 5.32. The molecular formula is C17H29ClN2O2. The lowest BCUT2D eigenvalue weighted by Crippen LogP contribution is -2.38. The standard InChI is InChI=1S/C17H26N2O.ClH.H2O/c1-12(2)19(13(3)4)9-8-14-11-18-17-7-6-15(20-5)10-16(14)17;;/h6-7,10-13,18H,8-9H2,1-5H3;1H;1H2. The van der Waals surface area contributed by atoms with Crippen LogP contribution in [0.3, 0.4) is 0 Å². The molecule has 0 saturated heterocycles. The highest BCUT2D eigenvalue weighted by molar-refractivity contribution is 5.85. The summed E-state index contributed by atoms with van der Waals surface area (Å²) in [6.07, 6.45) is 3.19. The van der Waals surface area contributed by atoms with E-state index in [1.807, 2.05) is 6.07 Å². The van der Waals surface area contributed by atoms with Gasteiger partial charge in [0.1, 0.15) is 5.75 Å². The molecule has 1 aromatic carbocycles. The normalized spacial score (nSPS) is 10.9. The molecule has 0 aliphatic heterocycles. The lowest BCUT2D eigenvalue weighted by atomic mass is 10.1. The van der Waals surface area contributed by atoms with Crippen molar-refractivity contribution in [2.75, 3.05) is 13.7 Å². The molecule has 1 heterocycles. The summed E-state index contributed by atoms with van der Waals surface area (Å²) in [6, 6.07) is 7.36. The van der Waals surface area contributed by atoms with E-state index in [9.17, 15) is 0 Å². The third-order valence-corrected chi connectivity index (χ3v) is 3.94. The van der Waals surface area contributed by atoms with Crippen molar-refractivity contribution in [1.82, 2.24) is 9.88 Å². The zero-order valence-electron chi connectivity index (χ0n) is 14.1. The minimum Gasteiger partial charge on any atom is -0.497 e. The minimum absolute atomic E-state index is 0. The smallest absolute Gasteiger partial charge is 0.119 e. The Morgan fingerprint density at radius 3 is 2.32 bits per heavy atom. The zero-order valence-corrected chi connectivity index (χ0v) is 15.0. The molecule has 0 unspecified atom stereocenters. The number of aromatic amines is 1. The van der Waals surface area contributed by atoms with Gasteiger partial charge in [-0.3, -0.25) is 4.90 Å². The first kappa shape index (κ1) is 20.8. The lowest BCUT2D eigenvalue weighted by Gasteiger charge is -2.30. The topological polar surface area (TPSA) is 59.8 Å². The summed E-state index contributed by atoms with van der Waals surface area (Å²) in [7, 11) is 1.72. The summed E-state index contributed by atoms with van der Waals surface area (Å²) < 4.78 is 5.32. The van der Waals surface area contributed by atoms with Gasteiger partial charge in [0.2, 0.25) is 0 Å². The third-order valence-electron chi connectivity index (χ3n) is 3.94. The summed E-state index contributed by atoms with van der Waals surface area (Å²) in [5, 5.41) is 1.27. The van der Waals surface area contributed by atoms with Crippen LogP contribution in [0.1, 0.15) is 33.3 Å². The Labute approximate surface area is 139 Å². The van der Waals surface area contributed by atoms with Crippen molar-refractivity contribution < 1.29 is 10.2 Å². The molecule has 0 aliphatic carbocycles. The summed E-state index contributed by atoms with van der Waals surface area (Å²) >= 11 is 0. The number of halogens is 1. The summed E-state index contributed by atoms with van der Waals surface area (Å²) in [5.41, 5.74) is 2.55. The van der Waals surface area contributed by atoms with E-state index in [-0.39, 0.29) is 17.9 Å². The Bertz CT molecular complexity index is 559. The molecule has 0 bridgehead atoms. The van der Waals surface area contributed by atoms with Gasteiger partial charge in [-0.2, -0.15) is 0 Å². The predicted molar refractivity (Wildman–Crippen MR) is 96.4 cm³/mol. The highest BCUT2D eigenvalue weighted by Crippen LogP contribution is 2.24. The first-order valence-electron chi connectivity index (χ1n) is 7.42. The Balaban J connectivity index is 0.00000220. The molecule has 0 radical (unpaired) electrons. The molecule has 2 aromatic rings. The van der Waals surface area contributed by atoms with Gasteiger partial charge in [0.15, 0.2) is 0 Å². The van der Waals surface area contributed by atoms with Crippen molar-refractivity contribution in [3.8, 4) is 5.75 Å². The molecule has 3 N–H and O–H groups in total. The molecule has 0 fully saturated rings. The second-order valence-electron chi connectivity index (χ2n) is 5.90. The molecule has 1 aromatic heterocycles. The largest absolute Gasteiger partial charge is 0.497 e. The van der Waals surface area contributed by atoms with E-state index >= 15 is 0 Å². The van der Waals surface area contributed by atoms with E-state index in [1.54, 1.807) is 7.11 Å². The van der Waals surface area contributed by atoms with E-state index in [2.05, 4.69) is 55.9 Å². The number of nitrogens with zero attached hydrogens (tertiary/aromatic N) is 1. The van der Waals surface area contributed by atoms with Gasteiger partial charge in [0.05, 0.1) is 7.11 Å². The van der Waals surface area contributed by atoms with Gasteiger partial charge >= 0.3 is 0 Å². The van der Waals surface area contributed by atoms with Crippen LogP contribution in [-0.4, -0.2) is 41.1 Å². The SMILES string of the molecule is COc1ccc2[nH]cc(CCN(C(C)C)C(C)C)c2c1.Cl.O. The van der Waals surface area contributed by atoms with Crippen LogP contribution in [0.5, 0.6) is 5.75 Å². The zero-order chi connectivity index (χ0) is 14.7. The van der Waals surface area contributed by atoms with Crippen molar-refractivity contribution in [3.05, 3.63) is 30.0 Å². The molecule has 5 heteroatoms. The van der Waals surface area contributed by atoms with Gasteiger partial charge in [-0.15, -0.1) is 12.4 Å². The predicted octanol–water partition coefficient (Wildman–Crippen LogP) is 3.43. The van der Waals surface area contributed by atoms with Gasteiger partial charge in [0.25, 0.3) is 0 Å². The Hall–Kier alpha value is -1.23. The number of ether oxygens (including phenoxy) is 1. The average molecular weight is 329 g/mol. The quantitative estimate of drug-likeness (QED) is 0.883. The van der Waals surface area contributed by atoms with E-state index < -0.39 is 0 Å². The Kier molecular flexibility index (Phi) is 8.53. The van der Waals surface area contributed by atoms with Crippen LogP contribution in [0, 0.1) is 0 Å². The van der Waals surface area contributed by atoms with E-state index in [1.165, 1.54) is 16.5 Å². The van der Waals surface area contributed by atoms with Gasteiger partial charge in [-0.25, -0.2) is 0 Å². The van der Waals surface area contributed by atoms with Crippen molar-refractivity contribution in [2.45, 2.75) is 46.2 Å². The summed E-state index contributed by atoms with van der Waals surface area (Å²) in [6.45, 7) is 10.1. The van der Waals surface area contributed by atoms with E-state index in [4.69, 9.17) is 4.74 Å². The van der Waals surface area contributed by atoms with Crippen molar-refractivity contribution in [3.63, 3.8) is 0 Å². The fraction of sp³-hybridized carbons (Fsp3) is 0.529. The molecule has 2 rings (SSSR count). The Morgan fingerprint density at radius 2 is 1.77 bits per heavy atom. The highest BCUT2D eigenvalue weighted by atomic mass is 35.5. The maximum Gasteiger partial charge on any atom is 0.119 e. The Morgan fingerprint density at radius 1 is 1.14 bits per heavy atom. The fourth-order valence-electron chi connectivity index (χ4n) is 2.85. The molecule has 4 nitrogen and oxygen atoms in total. The first-order valence-corrected chi connectivity index (χ1v) is 7.42. The van der Waals surface area contributed by atoms with Crippen LogP contribution in [0.4, 0.5) is 0 Å². The van der Waals surface area contributed by atoms with Gasteiger partial charge < -0.3 is 15.2 Å². The minimum atomic E-state index is 0. The molecule has 0 saturated carbocycles. The average Bonchev–Trinajstić information content (AvgIpc) is 2.80. The second-order valence-corrected chi connectivity index (χ2v) is 5.90. The van der Waals surface area contributed by atoms with Gasteiger partial charge in [-0.1, -0.05) is 0 Å². The van der Waals surface area contributed by atoms with Crippen LogP contribution < -0.4 is 4.74 Å². The number of benzene rings is 1. The number of rotatable bonds is 6. The van der Waals surface area contributed by atoms with Crippen LogP contribution in [0.2, 0.25) is 0 Å². The van der Waals surface area contributed by atoms with Crippen molar-refractivity contribution in [1.29, 1.82) is 0 Å². The fourth-order valence-corrected chi connectivity index (χ4v) is 2.85. The van der Waals surface area contributed by atoms with Crippen molar-refractivity contribution >= 4 is 23.3 Å². The van der Waals surface area contributed by atoms with Gasteiger partial charge in [0, 0.05) is 35.7 Å². The lowest BCUT2D eigenvalue weighted by molar-refractivity contribution is 0.177. The van der Waals surface area contributed by atoms with Crippen LogP contribution in [0.25, 0.3) is 10.9 Å². The van der Waals surface area contributed by atoms with Crippen LogP contribution in [-0.2, 0) is 6.42 Å². The molecule has 0 amide bonds. The summed E-state index contributed by atoms with van der Waals surface area (Å²) in [4.78, 5) is 5.87. The number of hydrogen-bond acceptors (Lipinski definition) is 2. The molecular weight excluding hydrogens is 300 g/mol. The monoisotopic (exact) mass is 328 g/mol. The van der Waals surface area contributed by atoms with Gasteiger partial charge in [-0.05, 0) is 57.9 Å². The van der Waals surface area contributed by atoms with Crippen LogP contribution >= 0.6 is 12.4 Å². The molecule has 22 heavy (non-hydrogen) atoms. The maximum atomic E-state index is 5.32. The number of hydrogen-bond donors (Lipinski definition) is 1.